The van der Waals surface area contributed by atoms with Gasteiger partial charge in [-0.1, -0.05) is 45.0 Å². The standard InChI is InChI=1S/C14H23NS/c1-11(2)15-9-13(4)16-10-14-8-6-5-7-12(14)3/h5-8,11,13,15H,9-10H2,1-4H3. The fourth-order valence-electron chi connectivity index (χ4n) is 1.46. The maximum absolute atomic E-state index is 3.48. The maximum atomic E-state index is 3.48. The molecule has 1 atom stereocenters. The van der Waals surface area contributed by atoms with Crippen molar-refractivity contribution < 1.29 is 0 Å². The van der Waals surface area contributed by atoms with Gasteiger partial charge in [0.1, 0.15) is 0 Å². The molecule has 0 aromatic heterocycles. The molecule has 0 spiro atoms. The van der Waals surface area contributed by atoms with Crippen molar-refractivity contribution in [1.82, 2.24) is 5.32 Å². The number of thioether (sulfide) groups is 1. The summed E-state index contributed by atoms with van der Waals surface area (Å²) in [4.78, 5) is 0. The van der Waals surface area contributed by atoms with Gasteiger partial charge in [-0.05, 0) is 18.1 Å². The lowest BCUT2D eigenvalue weighted by molar-refractivity contribution is 0.589. The molecule has 0 bridgehead atoms. The van der Waals surface area contributed by atoms with E-state index in [4.69, 9.17) is 0 Å². The summed E-state index contributed by atoms with van der Waals surface area (Å²) in [7, 11) is 0. The van der Waals surface area contributed by atoms with Crippen molar-refractivity contribution in [2.75, 3.05) is 6.54 Å². The molecule has 90 valence electrons. The number of benzene rings is 1. The predicted octanol–water partition coefficient (Wildman–Crippen LogP) is 3.61. The second kappa shape index (κ2) is 6.97. The summed E-state index contributed by atoms with van der Waals surface area (Å²) in [5.74, 6) is 1.12. The van der Waals surface area contributed by atoms with Gasteiger partial charge in [-0.3, -0.25) is 0 Å². The van der Waals surface area contributed by atoms with Crippen LogP contribution in [-0.4, -0.2) is 17.8 Å². The quantitative estimate of drug-likeness (QED) is 0.811. The molecule has 16 heavy (non-hydrogen) atoms. The van der Waals surface area contributed by atoms with Crippen LogP contribution in [0, 0.1) is 6.92 Å². The zero-order valence-corrected chi connectivity index (χ0v) is 11.6. The van der Waals surface area contributed by atoms with Gasteiger partial charge in [0, 0.05) is 23.6 Å². The van der Waals surface area contributed by atoms with E-state index < -0.39 is 0 Å². The molecule has 0 fully saturated rings. The highest BCUT2D eigenvalue weighted by molar-refractivity contribution is 7.99. The molecule has 1 unspecified atom stereocenters. The predicted molar refractivity (Wildman–Crippen MR) is 75.1 cm³/mol. The number of hydrogen-bond acceptors (Lipinski definition) is 2. The van der Waals surface area contributed by atoms with E-state index in [-0.39, 0.29) is 0 Å². The molecule has 0 radical (unpaired) electrons. The zero-order chi connectivity index (χ0) is 12.0. The van der Waals surface area contributed by atoms with Gasteiger partial charge in [-0.15, -0.1) is 0 Å². The van der Waals surface area contributed by atoms with Crippen LogP contribution in [-0.2, 0) is 5.75 Å². The SMILES string of the molecule is Cc1ccccc1CSC(C)CNC(C)C. The maximum Gasteiger partial charge on any atom is 0.0190 e. The van der Waals surface area contributed by atoms with Crippen LogP contribution in [0.25, 0.3) is 0 Å². The second-order valence-corrected chi connectivity index (χ2v) is 6.04. The summed E-state index contributed by atoms with van der Waals surface area (Å²) in [6, 6.07) is 9.23. The average molecular weight is 237 g/mol. The summed E-state index contributed by atoms with van der Waals surface area (Å²) in [5, 5.41) is 4.14. The summed E-state index contributed by atoms with van der Waals surface area (Å²) in [6.07, 6.45) is 0. The van der Waals surface area contributed by atoms with E-state index in [2.05, 4.69) is 57.3 Å². The molecule has 0 amide bonds. The van der Waals surface area contributed by atoms with Crippen molar-refractivity contribution in [3.63, 3.8) is 0 Å². The van der Waals surface area contributed by atoms with Crippen molar-refractivity contribution in [2.24, 2.45) is 0 Å². The van der Waals surface area contributed by atoms with E-state index in [0.29, 0.717) is 11.3 Å². The highest BCUT2D eigenvalue weighted by Gasteiger charge is 2.04. The van der Waals surface area contributed by atoms with E-state index in [9.17, 15) is 0 Å². The summed E-state index contributed by atoms with van der Waals surface area (Å²) >= 11 is 2.02. The molecule has 0 aliphatic carbocycles. The van der Waals surface area contributed by atoms with Crippen LogP contribution in [0.5, 0.6) is 0 Å². The van der Waals surface area contributed by atoms with E-state index in [1.165, 1.54) is 11.1 Å². The number of aryl methyl sites for hydroxylation is 1. The van der Waals surface area contributed by atoms with Crippen molar-refractivity contribution in [3.05, 3.63) is 35.4 Å². The lowest BCUT2D eigenvalue weighted by Crippen LogP contribution is -2.29. The first-order valence-electron chi connectivity index (χ1n) is 5.99. The molecule has 0 saturated heterocycles. The molecule has 0 aliphatic rings. The lowest BCUT2D eigenvalue weighted by atomic mass is 10.1. The van der Waals surface area contributed by atoms with E-state index >= 15 is 0 Å². The van der Waals surface area contributed by atoms with Crippen LogP contribution in [0.4, 0.5) is 0 Å². The fraction of sp³-hybridized carbons (Fsp3) is 0.571. The van der Waals surface area contributed by atoms with Gasteiger partial charge in [0.25, 0.3) is 0 Å². The van der Waals surface area contributed by atoms with Crippen LogP contribution in [0.2, 0.25) is 0 Å². The number of rotatable bonds is 6. The first kappa shape index (κ1) is 13.6. The average Bonchev–Trinajstić information content (AvgIpc) is 2.25. The van der Waals surface area contributed by atoms with Crippen LogP contribution >= 0.6 is 11.8 Å². The Balaban J connectivity index is 2.31. The van der Waals surface area contributed by atoms with Gasteiger partial charge < -0.3 is 5.32 Å². The molecule has 1 aromatic rings. The largest absolute Gasteiger partial charge is 0.313 e. The van der Waals surface area contributed by atoms with Gasteiger partial charge in [-0.2, -0.15) is 11.8 Å². The Kier molecular flexibility index (Phi) is 5.93. The van der Waals surface area contributed by atoms with Crippen LogP contribution in [0.15, 0.2) is 24.3 Å². The molecular formula is C14H23NS. The smallest absolute Gasteiger partial charge is 0.0190 e. The van der Waals surface area contributed by atoms with E-state index in [1.54, 1.807) is 0 Å². The van der Waals surface area contributed by atoms with Crippen molar-refractivity contribution in [1.29, 1.82) is 0 Å². The zero-order valence-electron chi connectivity index (χ0n) is 10.8. The molecule has 0 heterocycles. The first-order chi connectivity index (χ1) is 7.59. The molecular weight excluding hydrogens is 214 g/mol. The molecule has 1 aromatic carbocycles. The van der Waals surface area contributed by atoms with Crippen molar-refractivity contribution >= 4 is 11.8 Å². The summed E-state index contributed by atoms with van der Waals surface area (Å²) < 4.78 is 0. The third-order valence-corrected chi connectivity index (χ3v) is 3.81. The third kappa shape index (κ3) is 5.04. The highest BCUT2D eigenvalue weighted by atomic mass is 32.2. The minimum Gasteiger partial charge on any atom is -0.313 e. The van der Waals surface area contributed by atoms with Crippen molar-refractivity contribution in [2.45, 2.75) is 44.7 Å². The first-order valence-corrected chi connectivity index (χ1v) is 7.04. The normalized spacial score (nSPS) is 13.1. The lowest BCUT2D eigenvalue weighted by Gasteiger charge is -2.15. The molecule has 0 aliphatic heterocycles. The van der Waals surface area contributed by atoms with Crippen molar-refractivity contribution in [3.8, 4) is 0 Å². The minimum absolute atomic E-state index is 0.585. The van der Waals surface area contributed by atoms with Gasteiger partial charge in [0.05, 0.1) is 0 Å². The Labute approximate surface area is 104 Å². The molecule has 0 saturated carbocycles. The van der Waals surface area contributed by atoms with E-state index in [0.717, 1.165) is 12.3 Å². The van der Waals surface area contributed by atoms with Gasteiger partial charge in [0.2, 0.25) is 0 Å². The van der Waals surface area contributed by atoms with E-state index in [1.807, 2.05) is 11.8 Å². The monoisotopic (exact) mass is 237 g/mol. The molecule has 1 rings (SSSR count). The Morgan fingerprint density at radius 1 is 1.19 bits per heavy atom. The van der Waals surface area contributed by atoms with Crippen LogP contribution in [0.1, 0.15) is 31.9 Å². The fourth-order valence-corrected chi connectivity index (χ4v) is 2.47. The minimum atomic E-state index is 0.585. The van der Waals surface area contributed by atoms with Gasteiger partial charge in [0.15, 0.2) is 0 Å². The second-order valence-electron chi connectivity index (χ2n) is 4.61. The van der Waals surface area contributed by atoms with Crippen LogP contribution < -0.4 is 5.32 Å². The third-order valence-electron chi connectivity index (χ3n) is 2.60. The topological polar surface area (TPSA) is 12.0 Å². The summed E-state index contributed by atoms with van der Waals surface area (Å²) in [6.45, 7) is 9.96. The Morgan fingerprint density at radius 3 is 2.50 bits per heavy atom. The van der Waals surface area contributed by atoms with Gasteiger partial charge in [-0.25, -0.2) is 0 Å². The van der Waals surface area contributed by atoms with Gasteiger partial charge >= 0.3 is 0 Å². The number of hydrogen-bond donors (Lipinski definition) is 1. The highest BCUT2D eigenvalue weighted by Crippen LogP contribution is 2.19. The van der Waals surface area contributed by atoms with Crippen LogP contribution in [0.3, 0.4) is 0 Å². The summed E-state index contributed by atoms with van der Waals surface area (Å²) in [5.41, 5.74) is 2.86. The molecule has 1 N–H and O–H groups in total. The molecule has 1 nitrogen and oxygen atoms in total. The molecule has 2 heteroatoms. The Hall–Kier alpha value is -0.470. The Morgan fingerprint density at radius 2 is 1.88 bits per heavy atom. The Bertz CT molecular complexity index is 309. The number of nitrogens with one attached hydrogen (secondary N) is 1.